The van der Waals surface area contributed by atoms with Crippen molar-refractivity contribution in [3.05, 3.63) is 117 Å². The van der Waals surface area contributed by atoms with E-state index >= 15 is 4.39 Å². The average molecular weight is 970 g/mol. The number of rotatable bonds is 15. The number of fused-ring (bicyclic) bond motifs is 4. The van der Waals surface area contributed by atoms with Crippen LogP contribution in [0.4, 0.5) is 21.5 Å². The maximum Gasteiger partial charge on any atom is 0.269 e. The van der Waals surface area contributed by atoms with Crippen molar-refractivity contribution in [2.45, 2.75) is 73.9 Å². The van der Waals surface area contributed by atoms with E-state index in [1.165, 1.54) is 30.5 Å². The summed E-state index contributed by atoms with van der Waals surface area (Å²) in [4.78, 5) is 97.6. The lowest BCUT2D eigenvalue weighted by Gasteiger charge is -2.47. The Morgan fingerprint density at radius 1 is 0.868 bits per heavy atom. The fourth-order valence-corrected chi connectivity index (χ4v) is 11.0. The van der Waals surface area contributed by atoms with E-state index in [0.717, 1.165) is 24.2 Å². The van der Waals surface area contributed by atoms with E-state index in [4.69, 9.17) is 32.7 Å². The molecule has 1 aromatic heterocycles. The van der Waals surface area contributed by atoms with Crippen molar-refractivity contribution in [1.29, 1.82) is 0 Å². The first kappa shape index (κ1) is 46.8. The zero-order valence-corrected chi connectivity index (χ0v) is 38.1. The van der Waals surface area contributed by atoms with E-state index in [2.05, 4.69) is 36.9 Å². The van der Waals surface area contributed by atoms with Crippen LogP contribution >= 0.6 is 23.2 Å². The molecule has 0 radical (unpaired) electrons. The standard InChI is InChI=1S/C48H47Cl2FN8O9/c49-26-10-12-30-34(24-26)56-46(66)48(30)38(29-7-4-8-31(50)39(29)51)40(58-47(48)16-2-1-3-17-47)43(63)55-27-11-13-33(54-25-27)41(61)53-19-21-68-23-22-67-20-18-52-32-9-5-6-28-37(32)45(65)59(44(28)64)35-14-15-36(60)57-42(35)62/h4-13,24-25,35,38,40,52,58H,1-3,14-23H2,(H,53,61)(H,55,63)(H,56,66)(H,57,60,62)/t35?,38-,40+,48+/m0/s1. The van der Waals surface area contributed by atoms with E-state index in [9.17, 15) is 33.6 Å². The molecule has 20 heteroatoms. The Hall–Kier alpha value is -6.31. The molecule has 1 unspecified atom stereocenters. The molecular weight excluding hydrogens is 922 g/mol. The molecule has 6 N–H and O–H groups in total. The molecule has 68 heavy (non-hydrogen) atoms. The largest absolute Gasteiger partial charge is 0.382 e. The molecule has 4 atom stereocenters. The van der Waals surface area contributed by atoms with E-state index < -0.39 is 70.2 Å². The van der Waals surface area contributed by atoms with Gasteiger partial charge in [-0.1, -0.05) is 66.7 Å². The molecule has 2 spiro atoms. The van der Waals surface area contributed by atoms with Gasteiger partial charge in [0.2, 0.25) is 23.6 Å². The highest BCUT2D eigenvalue weighted by Gasteiger charge is 2.72. The quantitative estimate of drug-likeness (QED) is 0.0677. The topological polar surface area (TPSA) is 226 Å². The maximum atomic E-state index is 16.2. The number of aromatic nitrogens is 1. The molecule has 3 aromatic carbocycles. The number of amides is 7. The summed E-state index contributed by atoms with van der Waals surface area (Å²) in [5.41, 5.74) is 0.113. The summed E-state index contributed by atoms with van der Waals surface area (Å²) in [6.45, 7) is 1.36. The average Bonchev–Trinajstić information content (AvgIpc) is 3.88. The SMILES string of the molecule is O=C1CCC(N2C(=O)c3cccc(NCCOCCOCCNC(=O)c4ccc(NC(=O)[C@@H]5NC6(CCCCC6)[C@@]6(C(=O)Nc7cc(Cl)ccc76)[C@H]5c5cccc(Cl)c5F)cn4)c3C2=O)C(=O)N1. The number of anilines is 3. The van der Waals surface area contributed by atoms with Crippen LogP contribution in [0.1, 0.15) is 93.2 Å². The molecule has 17 nitrogen and oxygen atoms in total. The monoisotopic (exact) mass is 968 g/mol. The molecule has 5 aliphatic rings. The summed E-state index contributed by atoms with van der Waals surface area (Å²) in [5, 5.41) is 17.8. The van der Waals surface area contributed by atoms with Crippen LogP contribution in [-0.2, 0) is 34.1 Å². The molecule has 1 aliphatic carbocycles. The van der Waals surface area contributed by atoms with Crippen LogP contribution in [0.5, 0.6) is 0 Å². The summed E-state index contributed by atoms with van der Waals surface area (Å²) in [5.74, 6) is -5.38. The Labute approximate surface area is 399 Å². The van der Waals surface area contributed by atoms with Crippen LogP contribution < -0.4 is 31.9 Å². The van der Waals surface area contributed by atoms with Crippen molar-refractivity contribution in [1.82, 2.24) is 25.8 Å². The summed E-state index contributed by atoms with van der Waals surface area (Å²) in [6, 6.07) is 15.4. The highest BCUT2D eigenvalue weighted by atomic mass is 35.5. The first-order chi connectivity index (χ1) is 32.8. The van der Waals surface area contributed by atoms with Crippen LogP contribution in [-0.4, -0.2) is 108 Å². The number of hydrogen-bond donors (Lipinski definition) is 6. The summed E-state index contributed by atoms with van der Waals surface area (Å²) < 4.78 is 27.5. The highest BCUT2D eigenvalue weighted by Crippen LogP contribution is 2.63. The number of benzene rings is 3. The Morgan fingerprint density at radius 2 is 1.63 bits per heavy atom. The first-order valence-electron chi connectivity index (χ1n) is 22.5. The number of carbonyl (C=O) groups excluding carboxylic acids is 7. The van der Waals surface area contributed by atoms with Gasteiger partial charge in [-0.2, -0.15) is 0 Å². The summed E-state index contributed by atoms with van der Waals surface area (Å²) in [7, 11) is 0. The molecule has 9 rings (SSSR count). The minimum absolute atomic E-state index is 0.0288. The van der Waals surface area contributed by atoms with Gasteiger partial charge < -0.3 is 30.7 Å². The number of nitrogens with one attached hydrogen (secondary N) is 6. The smallest absolute Gasteiger partial charge is 0.269 e. The predicted molar refractivity (Wildman–Crippen MR) is 247 cm³/mol. The number of pyridine rings is 1. The Balaban J connectivity index is 0.755. The first-order valence-corrected chi connectivity index (χ1v) is 23.2. The van der Waals surface area contributed by atoms with Crippen molar-refractivity contribution < 1.29 is 47.4 Å². The lowest BCUT2D eigenvalue weighted by Crippen LogP contribution is -2.60. The zero-order chi connectivity index (χ0) is 47.7. The number of hydrogen-bond acceptors (Lipinski definition) is 12. The molecule has 4 aliphatic heterocycles. The van der Waals surface area contributed by atoms with Gasteiger partial charge in [-0.05, 0) is 72.9 Å². The Bertz CT molecular complexity index is 2720. The van der Waals surface area contributed by atoms with Gasteiger partial charge in [0.1, 0.15) is 23.0 Å². The molecule has 0 bridgehead atoms. The van der Waals surface area contributed by atoms with Crippen molar-refractivity contribution in [3.63, 3.8) is 0 Å². The molecule has 4 aromatic rings. The zero-order valence-electron chi connectivity index (χ0n) is 36.6. The van der Waals surface area contributed by atoms with Crippen molar-refractivity contribution in [3.8, 4) is 0 Å². The number of halogens is 3. The third-order valence-corrected chi connectivity index (χ3v) is 14.0. The third kappa shape index (κ3) is 8.37. The number of ether oxygens (including phenoxy) is 2. The van der Waals surface area contributed by atoms with Crippen LogP contribution in [0.25, 0.3) is 0 Å². The molecule has 5 heterocycles. The van der Waals surface area contributed by atoms with Crippen molar-refractivity contribution >= 4 is 81.6 Å². The number of carbonyl (C=O) groups is 7. The van der Waals surface area contributed by atoms with Gasteiger partial charge in [-0.25, -0.2) is 9.37 Å². The van der Waals surface area contributed by atoms with E-state index in [1.54, 1.807) is 42.5 Å². The highest BCUT2D eigenvalue weighted by molar-refractivity contribution is 6.31. The molecule has 1 saturated carbocycles. The maximum absolute atomic E-state index is 16.2. The van der Waals surface area contributed by atoms with Crippen LogP contribution in [0.3, 0.4) is 0 Å². The van der Waals surface area contributed by atoms with E-state index in [0.29, 0.717) is 41.3 Å². The van der Waals surface area contributed by atoms with Crippen LogP contribution in [0, 0.1) is 5.82 Å². The molecule has 3 fully saturated rings. The van der Waals surface area contributed by atoms with Gasteiger partial charge in [0.25, 0.3) is 17.7 Å². The normalized spacial score (nSPS) is 22.5. The van der Waals surface area contributed by atoms with Gasteiger partial charge in [-0.3, -0.25) is 49.1 Å². The van der Waals surface area contributed by atoms with Crippen molar-refractivity contribution in [2.24, 2.45) is 0 Å². The lowest BCUT2D eigenvalue weighted by atomic mass is 9.55. The Morgan fingerprint density at radius 3 is 2.38 bits per heavy atom. The van der Waals surface area contributed by atoms with Gasteiger partial charge >= 0.3 is 0 Å². The second-order valence-electron chi connectivity index (χ2n) is 17.3. The molecule has 7 amide bonds. The van der Waals surface area contributed by atoms with Crippen LogP contribution in [0.2, 0.25) is 10.0 Å². The van der Waals surface area contributed by atoms with Crippen molar-refractivity contribution in [2.75, 3.05) is 55.5 Å². The number of imide groups is 2. The minimum Gasteiger partial charge on any atom is -0.382 e. The predicted octanol–water partition coefficient (Wildman–Crippen LogP) is 5.09. The van der Waals surface area contributed by atoms with Gasteiger partial charge in [0, 0.05) is 47.4 Å². The molecule has 2 saturated heterocycles. The Kier molecular flexibility index (Phi) is 13.3. The second-order valence-corrected chi connectivity index (χ2v) is 18.2. The van der Waals surface area contributed by atoms with E-state index in [1.807, 2.05) is 0 Å². The fourth-order valence-electron chi connectivity index (χ4n) is 10.6. The summed E-state index contributed by atoms with van der Waals surface area (Å²) in [6.07, 6.45) is 5.12. The lowest BCUT2D eigenvalue weighted by molar-refractivity contribution is -0.136. The van der Waals surface area contributed by atoms with Crippen LogP contribution in [0.15, 0.2) is 72.9 Å². The molecular formula is C48H47Cl2FN8O9. The minimum atomic E-state index is -1.39. The fraction of sp³-hybridized carbons (Fsp3) is 0.375. The third-order valence-electron chi connectivity index (χ3n) is 13.5. The van der Waals surface area contributed by atoms with Gasteiger partial charge in [-0.15, -0.1) is 0 Å². The second kappa shape index (κ2) is 19.4. The van der Waals surface area contributed by atoms with E-state index in [-0.39, 0.29) is 84.8 Å². The number of nitrogens with zero attached hydrogens (tertiary/aromatic N) is 2. The van der Waals surface area contributed by atoms with Gasteiger partial charge in [0.05, 0.1) is 60.5 Å². The van der Waals surface area contributed by atoms with Gasteiger partial charge in [0.15, 0.2) is 0 Å². The summed E-state index contributed by atoms with van der Waals surface area (Å²) >= 11 is 12.7. The number of piperidine rings is 1. The molecule has 354 valence electrons.